The van der Waals surface area contributed by atoms with Gasteiger partial charge in [-0.05, 0) is 23.8 Å². The van der Waals surface area contributed by atoms with Crippen LogP contribution in [0.25, 0.3) is 11.1 Å². The van der Waals surface area contributed by atoms with E-state index in [0.29, 0.717) is 24.0 Å². The van der Waals surface area contributed by atoms with E-state index >= 15 is 0 Å². The van der Waals surface area contributed by atoms with E-state index in [1.54, 1.807) is 12.1 Å². The van der Waals surface area contributed by atoms with E-state index in [-0.39, 0.29) is 23.8 Å². The number of halogens is 4. The third kappa shape index (κ3) is 2.96. The van der Waals surface area contributed by atoms with Gasteiger partial charge in [0.15, 0.2) is 5.75 Å². The Hall–Kier alpha value is -2.28. The number of ether oxygens (including phenoxy) is 1. The lowest BCUT2D eigenvalue weighted by Crippen LogP contribution is -2.37. The van der Waals surface area contributed by atoms with Crippen LogP contribution in [0.5, 0.6) is 5.75 Å². The van der Waals surface area contributed by atoms with E-state index in [1.165, 1.54) is 6.07 Å². The van der Waals surface area contributed by atoms with Gasteiger partial charge in [-0.3, -0.25) is 0 Å². The summed E-state index contributed by atoms with van der Waals surface area (Å²) in [5, 5.41) is 3.08. The standard InChI is InChI=1S/C16H14F4N2O/c17-9-4-5-11(13(6-9)16(18,19)20)12-2-1-3-14-15(12)23-10(7-21)8-22-14/h1-6,10,22H,7-8,21H2/t10-/m1/s1. The van der Waals surface area contributed by atoms with Crippen LogP contribution in [0.3, 0.4) is 0 Å². The summed E-state index contributed by atoms with van der Waals surface area (Å²) in [6, 6.07) is 7.45. The number of para-hydroxylation sites is 1. The van der Waals surface area contributed by atoms with Gasteiger partial charge in [-0.2, -0.15) is 13.2 Å². The number of alkyl halides is 3. The summed E-state index contributed by atoms with van der Waals surface area (Å²) in [7, 11) is 0. The largest absolute Gasteiger partial charge is 0.484 e. The number of hydrogen-bond acceptors (Lipinski definition) is 3. The van der Waals surface area contributed by atoms with Crippen molar-refractivity contribution in [3.63, 3.8) is 0 Å². The number of hydrogen-bond donors (Lipinski definition) is 2. The van der Waals surface area contributed by atoms with Gasteiger partial charge in [0.2, 0.25) is 0 Å². The highest BCUT2D eigenvalue weighted by Crippen LogP contribution is 2.44. The fourth-order valence-corrected chi connectivity index (χ4v) is 2.56. The van der Waals surface area contributed by atoms with E-state index < -0.39 is 17.6 Å². The quantitative estimate of drug-likeness (QED) is 0.828. The van der Waals surface area contributed by atoms with Gasteiger partial charge in [-0.1, -0.05) is 18.2 Å². The van der Waals surface area contributed by atoms with E-state index in [2.05, 4.69) is 5.32 Å². The molecule has 0 aromatic heterocycles. The lowest BCUT2D eigenvalue weighted by atomic mass is 9.97. The molecule has 2 aromatic rings. The molecule has 0 saturated carbocycles. The monoisotopic (exact) mass is 326 g/mol. The Labute approximate surface area is 130 Å². The fraction of sp³-hybridized carbons (Fsp3) is 0.250. The normalized spacial score (nSPS) is 17.2. The third-order valence-electron chi connectivity index (χ3n) is 3.66. The second-order valence-electron chi connectivity index (χ2n) is 5.23. The Morgan fingerprint density at radius 2 is 1.96 bits per heavy atom. The van der Waals surface area contributed by atoms with Gasteiger partial charge in [-0.15, -0.1) is 0 Å². The predicted molar refractivity (Wildman–Crippen MR) is 78.8 cm³/mol. The van der Waals surface area contributed by atoms with E-state index in [9.17, 15) is 17.6 Å². The molecule has 1 atom stereocenters. The van der Waals surface area contributed by atoms with Crippen molar-refractivity contribution in [1.29, 1.82) is 0 Å². The number of benzene rings is 2. The molecule has 0 amide bonds. The molecule has 3 N–H and O–H groups in total. The zero-order valence-electron chi connectivity index (χ0n) is 12.0. The van der Waals surface area contributed by atoms with Gasteiger partial charge in [0.25, 0.3) is 0 Å². The van der Waals surface area contributed by atoms with Crippen LogP contribution >= 0.6 is 0 Å². The van der Waals surface area contributed by atoms with Gasteiger partial charge >= 0.3 is 6.18 Å². The first-order chi connectivity index (χ1) is 10.9. The van der Waals surface area contributed by atoms with E-state index in [0.717, 1.165) is 12.1 Å². The van der Waals surface area contributed by atoms with E-state index in [1.807, 2.05) is 0 Å². The summed E-state index contributed by atoms with van der Waals surface area (Å²) in [4.78, 5) is 0. The van der Waals surface area contributed by atoms with Gasteiger partial charge in [-0.25, -0.2) is 4.39 Å². The van der Waals surface area contributed by atoms with Gasteiger partial charge < -0.3 is 15.8 Å². The number of anilines is 1. The molecule has 3 nitrogen and oxygen atoms in total. The van der Waals surface area contributed by atoms with Crippen molar-refractivity contribution < 1.29 is 22.3 Å². The van der Waals surface area contributed by atoms with Crippen LogP contribution in [-0.2, 0) is 6.18 Å². The molecule has 1 aliphatic rings. The minimum atomic E-state index is -4.67. The molecule has 7 heteroatoms. The molecular formula is C16H14F4N2O. The number of nitrogens with one attached hydrogen (secondary N) is 1. The molecule has 122 valence electrons. The summed E-state index contributed by atoms with van der Waals surface area (Å²) in [6.07, 6.45) is -5.01. The van der Waals surface area contributed by atoms with Gasteiger partial charge in [0.1, 0.15) is 11.9 Å². The smallest absolute Gasteiger partial charge is 0.417 e. The Morgan fingerprint density at radius 3 is 2.65 bits per heavy atom. The maximum atomic E-state index is 13.3. The zero-order chi connectivity index (χ0) is 16.6. The molecule has 1 heterocycles. The van der Waals surface area contributed by atoms with E-state index in [4.69, 9.17) is 10.5 Å². The second kappa shape index (κ2) is 5.73. The SMILES string of the molecule is NC[C@@H]1CNc2cccc(-c3ccc(F)cc3C(F)(F)F)c2O1. The molecule has 0 aliphatic carbocycles. The Balaban J connectivity index is 2.17. The first-order valence-corrected chi connectivity index (χ1v) is 7.01. The molecule has 0 saturated heterocycles. The molecule has 0 spiro atoms. The first kappa shape index (κ1) is 15.6. The maximum absolute atomic E-state index is 13.3. The van der Waals surface area contributed by atoms with Crippen molar-refractivity contribution in [2.45, 2.75) is 12.3 Å². The number of nitrogens with two attached hydrogens (primary N) is 1. The zero-order valence-corrected chi connectivity index (χ0v) is 12.0. The molecule has 2 aromatic carbocycles. The average Bonchev–Trinajstić information content (AvgIpc) is 2.53. The summed E-state index contributed by atoms with van der Waals surface area (Å²) in [5.74, 6) is -0.643. The average molecular weight is 326 g/mol. The molecule has 0 radical (unpaired) electrons. The van der Waals surface area contributed by atoms with Crippen molar-refractivity contribution in [3.8, 4) is 16.9 Å². The molecule has 3 rings (SSSR count). The second-order valence-corrected chi connectivity index (χ2v) is 5.23. The van der Waals surface area contributed by atoms with Crippen LogP contribution in [-0.4, -0.2) is 19.2 Å². The highest BCUT2D eigenvalue weighted by Gasteiger charge is 2.35. The minimum Gasteiger partial charge on any atom is -0.484 e. The summed E-state index contributed by atoms with van der Waals surface area (Å²) in [6.45, 7) is 0.707. The Bertz CT molecular complexity index is 731. The summed E-state index contributed by atoms with van der Waals surface area (Å²) in [5.41, 5.74) is 5.24. The van der Waals surface area contributed by atoms with Gasteiger partial charge in [0.05, 0.1) is 17.8 Å². The molecule has 1 aliphatic heterocycles. The molecule has 0 bridgehead atoms. The molecule has 23 heavy (non-hydrogen) atoms. The Kier molecular flexibility index (Phi) is 3.89. The van der Waals surface area contributed by atoms with Crippen molar-refractivity contribution in [2.24, 2.45) is 5.73 Å². The lowest BCUT2D eigenvalue weighted by Gasteiger charge is -2.28. The van der Waals surface area contributed by atoms with Crippen LogP contribution < -0.4 is 15.8 Å². The van der Waals surface area contributed by atoms with Crippen LogP contribution in [0, 0.1) is 5.82 Å². The van der Waals surface area contributed by atoms with Crippen molar-refractivity contribution in [2.75, 3.05) is 18.4 Å². The molecule has 0 unspecified atom stereocenters. The van der Waals surface area contributed by atoms with Gasteiger partial charge in [0, 0.05) is 12.1 Å². The predicted octanol–water partition coefficient (Wildman–Crippen LogP) is 3.64. The van der Waals surface area contributed by atoms with Crippen LogP contribution in [0.4, 0.5) is 23.2 Å². The number of rotatable bonds is 2. The van der Waals surface area contributed by atoms with Crippen LogP contribution in [0.2, 0.25) is 0 Å². The van der Waals surface area contributed by atoms with Crippen molar-refractivity contribution >= 4 is 5.69 Å². The minimum absolute atomic E-state index is 0.129. The fourth-order valence-electron chi connectivity index (χ4n) is 2.56. The van der Waals surface area contributed by atoms with Crippen LogP contribution in [0.15, 0.2) is 36.4 Å². The lowest BCUT2D eigenvalue weighted by molar-refractivity contribution is -0.137. The first-order valence-electron chi connectivity index (χ1n) is 7.01. The highest BCUT2D eigenvalue weighted by atomic mass is 19.4. The Morgan fingerprint density at radius 1 is 1.17 bits per heavy atom. The molecule has 0 fully saturated rings. The highest BCUT2D eigenvalue weighted by molar-refractivity contribution is 5.81. The summed E-state index contributed by atoms with van der Waals surface area (Å²) < 4.78 is 58.7. The topological polar surface area (TPSA) is 47.3 Å². The van der Waals surface area contributed by atoms with Crippen LogP contribution in [0.1, 0.15) is 5.56 Å². The number of fused-ring (bicyclic) bond motifs is 1. The summed E-state index contributed by atoms with van der Waals surface area (Å²) >= 11 is 0. The molecular weight excluding hydrogens is 312 g/mol. The third-order valence-corrected chi connectivity index (χ3v) is 3.66. The maximum Gasteiger partial charge on any atom is 0.417 e. The van der Waals surface area contributed by atoms with Crippen molar-refractivity contribution in [3.05, 3.63) is 47.8 Å². The van der Waals surface area contributed by atoms with Crippen molar-refractivity contribution in [1.82, 2.24) is 0 Å².